The van der Waals surface area contributed by atoms with Crippen LogP contribution >= 0.6 is 0 Å². The van der Waals surface area contributed by atoms with Crippen LogP contribution in [0.4, 0.5) is 0 Å². The molecular weight excluding hydrogens is 473 g/mol. The minimum atomic E-state index is -2.48. The predicted molar refractivity (Wildman–Crippen MR) is 143 cm³/mol. The van der Waals surface area contributed by atoms with E-state index in [9.17, 15) is 4.79 Å². The van der Waals surface area contributed by atoms with Gasteiger partial charge in [-0.15, -0.1) is 0 Å². The molecular formula is C22H50O6Si4. The van der Waals surface area contributed by atoms with Gasteiger partial charge in [-0.25, -0.2) is 0 Å². The fourth-order valence-corrected chi connectivity index (χ4v) is 17.4. The van der Waals surface area contributed by atoms with Gasteiger partial charge in [0.05, 0.1) is 6.26 Å². The fourth-order valence-electron chi connectivity index (χ4n) is 3.53. The van der Waals surface area contributed by atoms with Gasteiger partial charge in [0, 0.05) is 6.42 Å². The molecule has 190 valence electrons. The van der Waals surface area contributed by atoms with Crippen molar-refractivity contribution in [3.05, 3.63) is 12.8 Å². The van der Waals surface area contributed by atoms with Gasteiger partial charge in [0.1, 0.15) is 0 Å². The lowest BCUT2D eigenvalue weighted by Gasteiger charge is -2.38. The van der Waals surface area contributed by atoms with E-state index in [4.69, 9.17) is 22.1 Å². The van der Waals surface area contributed by atoms with Crippen LogP contribution < -0.4 is 0 Å². The zero-order valence-corrected chi connectivity index (χ0v) is 26.3. The van der Waals surface area contributed by atoms with E-state index in [0.29, 0.717) is 6.42 Å². The van der Waals surface area contributed by atoms with Crippen molar-refractivity contribution in [1.29, 1.82) is 0 Å². The lowest BCUT2D eigenvalue weighted by atomic mass is 10.1. The van der Waals surface area contributed by atoms with Crippen LogP contribution in [0.25, 0.3) is 0 Å². The highest BCUT2D eigenvalue weighted by Crippen LogP contribution is 2.27. The van der Waals surface area contributed by atoms with Gasteiger partial charge in [0.2, 0.25) is 8.32 Å². The molecule has 1 unspecified atom stereocenters. The van der Waals surface area contributed by atoms with E-state index in [1.165, 1.54) is 31.9 Å². The molecule has 0 spiro atoms. The molecule has 0 N–H and O–H groups in total. The highest BCUT2D eigenvalue weighted by Gasteiger charge is 2.43. The van der Waals surface area contributed by atoms with E-state index in [2.05, 4.69) is 65.5 Å². The Bertz CT molecular complexity index is 546. The number of carbonyl (C=O) groups is 1. The Morgan fingerprint density at radius 1 is 0.688 bits per heavy atom. The van der Waals surface area contributed by atoms with Crippen molar-refractivity contribution in [3.63, 3.8) is 0 Å². The maximum Gasteiger partial charge on any atom is 0.362 e. The molecule has 10 heteroatoms. The second kappa shape index (κ2) is 15.0. The van der Waals surface area contributed by atoms with Crippen LogP contribution in [-0.2, 0) is 26.9 Å². The fraction of sp³-hybridized carbons (Fsp3) is 0.864. The molecule has 0 aromatic carbocycles. The Hall–Kier alpha value is -0.0825. The Morgan fingerprint density at radius 2 is 1.19 bits per heavy atom. The summed E-state index contributed by atoms with van der Waals surface area (Å²) in [4.78, 5) is 11.3. The van der Waals surface area contributed by atoms with Crippen molar-refractivity contribution >= 4 is 39.7 Å². The average molecular weight is 523 g/mol. The van der Waals surface area contributed by atoms with E-state index >= 15 is 0 Å². The van der Waals surface area contributed by atoms with Gasteiger partial charge in [0.25, 0.3) is 0 Å². The maximum absolute atomic E-state index is 11.3. The topological polar surface area (TPSA) is 63.2 Å². The van der Waals surface area contributed by atoms with E-state index in [-0.39, 0.29) is 5.97 Å². The number of unbranched alkanes of at least 4 members (excludes halogenated alkanes) is 7. The van der Waals surface area contributed by atoms with Crippen molar-refractivity contribution in [2.24, 2.45) is 0 Å². The molecule has 0 saturated heterocycles. The van der Waals surface area contributed by atoms with Crippen molar-refractivity contribution in [2.75, 3.05) is 0 Å². The summed E-state index contributed by atoms with van der Waals surface area (Å²) in [5.74, 6) is -0.184. The van der Waals surface area contributed by atoms with Crippen LogP contribution in [0.1, 0.15) is 57.8 Å². The predicted octanol–water partition coefficient (Wildman–Crippen LogP) is 7.61. The third-order valence-electron chi connectivity index (χ3n) is 4.46. The van der Waals surface area contributed by atoms with E-state index < -0.39 is 33.8 Å². The largest absolute Gasteiger partial charge is 0.437 e. The molecule has 0 aliphatic heterocycles. The summed E-state index contributed by atoms with van der Waals surface area (Å²) in [6, 6.07) is 0.925. The summed E-state index contributed by atoms with van der Waals surface area (Å²) in [7, 11) is -8.24. The van der Waals surface area contributed by atoms with Gasteiger partial charge < -0.3 is 13.0 Å². The standard InChI is InChI=1S/C22H50O6Si4/c1-11-24-22(23)20-18-16-14-12-13-15-17-19-21-32(10,26-25-29(2,3)4)28-31(8,9)27-30(5,6)7/h11H,1,12-21H2,2-10H3. The van der Waals surface area contributed by atoms with Crippen molar-refractivity contribution in [1.82, 2.24) is 0 Å². The number of ether oxygens (including phenoxy) is 1. The monoisotopic (exact) mass is 522 g/mol. The summed E-state index contributed by atoms with van der Waals surface area (Å²) in [5.41, 5.74) is 0. The van der Waals surface area contributed by atoms with Gasteiger partial charge in [-0.2, -0.15) is 0 Å². The molecule has 0 rings (SSSR count). The zero-order chi connectivity index (χ0) is 24.9. The first-order valence-corrected chi connectivity index (χ1v) is 24.3. The maximum atomic E-state index is 11.3. The van der Waals surface area contributed by atoms with Crippen LogP contribution in [0.5, 0.6) is 0 Å². The third kappa shape index (κ3) is 19.4. The number of rotatable bonds is 19. The molecule has 0 fully saturated rings. The van der Waals surface area contributed by atoms with Crippen LogP contribution in [0.15, 0.2) is 12.8 Å². The second-order valence-corrected chi connectivity index (χ2v) is 27.1. The number of carbonyl (C=O) groups excluding carboxylic acids is 1. The van der Waals surface area contributed by atoms with Crippen LogP contribution in [0.3, 0.4) is 0 Å². The zero-order valence-electron chi connectivity index (χ0n) is 22.3. The molecule has 0 aliphatic carbocycles. The molecule has 32 heavy (non-hydrogen) atoms. The first-order chi connectivity index (χ1) is 14.6. The Kier molecular flexibility index (Phi) is 15.0. The molecule has 0 aromatic rings. The number of esters is 1. The lowest BCUT2D eigenvalue weighted by Crippen LogP contribution is -2.54. The Morgan fingerprint density at radius 3 is 1.66 bits per heavy atom. The summed E-state index contributed by atoms with van der Waals surface area (Å²) in [6.45, 7) is 22.8. The van der Waals surface area contributed by atoms with Crippen LogP contribution in [0.2, 0.25) is 65.0 Å². The number of hydrogen-bond donors (Lipinski definition) is 0. The highest BCUT2D eigenvalue weighted by molar-refractivity contribution is 6.86. The normalized spacial score (nSPS) is 14.8. The molecule has 0 aromatic heterocycles. The molecule has 1 atom stereocenters. The first-order valence-electron chi connectivity index (χ1n) is 12.2. The second-order valence-electron chi connectivity index (χ2n) is 11.1. The Balaban J connectivity index is 4.35. The minimum absolute atomic E-state index is 0.184. The molecule has 0 radical (unpaired) electrons. The molecule has 6 nitrogen and oxygen atoms in total. The van der Waals surface area contributed by atoms with Crippen molar-refractivity contribution in [2.45, 2.75) is 123 Å². The van der Waals surface area contributed by atoms with E-state index in [1.807, 2.05) is 0 Å². The molecule has 0 aliphatic rings. The molecule has 0 bridgehead atoms. The average Bonchev–Trinajstić information content (AvgIpc) is 2.59. The molecule has 0 heterocycles. The van der Waals surface area contributed by atoms with E-state index in [0.717, 1.165) is 31.7 Å². The van der Waals surface area contributed by atoms with Crippen LogP contribution in [-0.4, -0.2) is 39.7 Å². The van der Waals surface area contributed by atoms with E-state index in [1.54, 1.807) is 0 Å². The first kappa shape index (κ1) is 31.9. The lowest BCUT2D eigenvalue weighted by molar-refractivity contribution is -0.140. The molecule has 0 saturated carbocycles. The van der Waals surface area contributed by atoms with Crippen LogP contribution in [0, 0.1) is 0 Å². The van der Waals surface area contributed by atoms with Gasteiger partial charge >= 0.3 is 23.1 Å². The number of hydrogen-bond acceptors (Lipinski definition) is 6. The summed E-state index contributed by atoms with van der Waals surface area (Å²) >= 11 is 0. The minimum Gasteiger partial charge on any atom is -0.437 e. The van der Waals surface area contributed by atoms with Gasteiger partial charge in [0.15, 0.2) is 8.32 Å². The Labute approximate surface area is 202 Å². The summed E-state index contributed by atoms with van der Waals surface area (Å²) in [5, 5.41) is 0. The van der Waals surface area contributed by atoms with Crippen molar-refractivity contribution in [3.8, 4) is 0 Å². The smallest absolute Gasteiger partial charge is 0.362 e. The highest BCUT2D eigenvalue weighted by atomic mass is 28.5. The summed E-state index contributed by atoms with van der Waals surface area (Å²) < 4.78 is 29.7. The molecule has 0 amide bonds. The SMILES string of the molecule is C=COC(=O)CCCCCCCCCC[Si](C)(OO[Si](C)(C)C)O[Si](C)(C)O[Si](C)(C)C. The van der Waals surface area contributed by atoms with Gasteiger partial charge in [-0.1, -0.05) is 51.5 Å². The van der Waals surface area contributed by atoms with Crippen molar-refractivity contribution < 1.29 is 26.9 Å². The quantitative estimate of drug-likeness (QED) is 0.0434. The third-order valence-corrected chi connectivity index (χ3v) is 15.0. The summed E-state index contributed by atoms with van der Waals surface area (Å²) in [6.07, 6.45) is 10.7. The van der Waals surface area contributed by atoms with Gasteiger partial charge in [-0.3, -0.25) is 13.9 Å². The van der Waals surface area contributed by atoms with Gasteiger partial charge in [-0.05, 0) is 71.4 Å².